The van der Waals surface area contributed by atoms with Gasteiger partial charge in [0.05, 0.1) is 0 Å². The van der Waals surface area contributed by atoms with E-state index >= 15 is 0 Å². The first-order chi connectivity index (χ1) is 15.0. The van der Waals surface area contributed by atoms with Crippen LogP contribution in [-0.2, 0) is 0 Å². The first kappa shape index (κ1) is 23.7. The maximum Gasteiger partial charge on any atom is 0.0483 e. The van der Waals surface area contributed by atoms with E-state index in [2.05, 4.69) is 41.5 Å². The highest BCUT2D eigenvalue weighted by molar-refractivity contribution is 5.19. The minimum Gasteiger partial charge on any atom is -0.396 e. The zero-order valence-corrected chi connectivity index (χ0v) is 22.1. The standard InChI is InChI=1S/C30H52O2/c1-26(2)13-7-14-28(4)23(26)12-17-30(6)25(28)9-8-24-27(3)15-10-21(20(18-31)19-32)22(27)11-16-29(24,30)5/h20-25,31-32H,7-19H2,1-6H3/t21-,22+,23+,24-,25-,27+,28+,29-,30-/m1/s1. The predicted molar refractivity (Wildman–Crippen MR) is 132 cm³/mol. The van der Waals surface area contributed by atoms with Crippen LogP contribution < -0.4 is 0 Å². The van der Waals surface area contributed by atoms with Gasteiger partial charge in [0.15, 0.2) is 0 Å². The van der Waals surface area contributed by atoms with E-state index < -0.39 is 0 Å². The fourth-order valence-electron chi connectivity index (χ4n) is 12.2. The molecule has 5 aliphatic rings. The molecular formula is C30H52O2. The fourth-order valence-corrected chi connectivity index (χ4v) is 12.2. The summed E-state index contributed by atoms with van der Waals surface area (Å²) < 4.78 is 0. The van der Waals surface area contributed by atoms with E-state index in [9.17, 15) is 10.2 Å². The molecule has 2 heteroatoms. The third-order valence-electron chi connectivity index (χ3n) is 13.8. The third-order valence-corrected chi connectivity index (χ3v) is 13.8. The Kier molecular flexibility index (Phi) is 5.51. The molecule has 0 amide bonds. The van der Waals surface area contributed by atoms with E-state index in [0.29, 0.717) is 38.9 Å². The quantitative estimate of drug-likeness (QED) is 0.488. The van der Waals surface area contributed by atoms with Gasteiger partial charge < -0.3 is 10.2 Å². The lowest BCUT2D eigenvalue weighted by Gasteiger charge is -2.73. The maximum absolute atomic E-state index is 9.96. The second kappa shape index (κ2) is 7.46. The van der Waals surface area contributed by atoms with Crippen molar-refractivity contribution in [3.05, 3.63) is 0 Å². The van der Waals surface area contributed by atoms with Gasteiger partial charge in [0.2, 0.25) is 0 Å². The fraction of sp³-hybridized carbons (Fsp3) is 1.00. The van der Waals surface area contributed by atoms with Crippen molar-refractivity contribution in [2.45, 2.75) is 112 Å². The molecule has 5 saturated carbocycles. The Hall–Kier alpha value is -0.0800. The first-order valence-electron chi connectivity index (χ1n) is 14.2. The van der Waals surface area contributed by atoms with Gasteiger partial charge in [0.1, 0.15) is 0 Å². The molecule has 2 nitrogen and oxygen atoms in total. The first-order valence-corrected chi connectivity index (χ1v) is 14.2. The van der Waals surface area contributed by atoms with Crippen LogP contribution in [-0.4, -0.2) is 23.4 Å². The van der Waals surface area contributed by atoms with Crippen molar-refractivity contribution in [2.75, 3.05) is 13.2 Å². The van der Waals surface area contributed by atoms with Gasteiger partial charge in [-0.3, -0.25) is 0 Å². The minimum absolute atomic E-state index is 0.0944. The molecule has 0 spiro atoms. The van der Waals surface area contributed by atoms with E-state index in [1.54, 1.807) is 0 Å². The lowest BCUT2D eigenvalue weighted by Crippen LogP contribution is -2.65. The van der Waals surface area contributed by atoms with Crippen LogP contribution in [0.2, 0.25) is 0 Å². The molecule has 0 heterocycles. The molecule has 0 saturated heterocycles. The molecule has 0 aromatic carbocycles. The van der Waals surface area contributed by atoms with Gasteiger partial charge in [-0.05, 0) is 121 Å². The molecule has 184 valence electrons. The van der Waals surface area contributed by atoms with E-state index in [-0.39, 0.29) is 19.1 Å². The SMILES string of the molecule is CC1(C)CCC[C@]2(C)[C@H]3CC[C@@H]4[C@@]5(C)CC[C@H](C(CO)CO)[C@@H]5CC[C@@]4(C)[C@]3(C)CC[C@@H]12. The maximum atomic E-state index is 9.96. The topological polar surface area (TPSA) is 40.5 Å². The Bertz CT molecular complexity index is 726. The smallest absolute Gasteiger partial charge is 0.0483 e. The van der Waals surface area contributed by atoms with Crippen LogP contribution in [0.3, 0.4) is 0 Å². The molecule has 5 fully saturated rings. The van der Waals surface area contributed by atoms with Gasteiger partial charge >= 0.3 is 0 Å². The van der Waals surface area contributed by atoms with Crippen LogP contribution in [0.4, 0.5) is 0 Å². The third kappa shape index (κ3) is 2.84. The molecule has 0 aromatic heterocycles. The minimum atomic E-state index is 0.0944. The lowest BCUT2D eigenvalue weighted by atomic mass is 9.32. The van der Waals surface area contributed by atoms with Crippen LogP contribution in [0.1, 0.15) is 112 Å². The average Bonchev–Trinajstić information content (AvgIpc) is 3.06. The Morgan fingerprint density at radius 1 is 0.625 bits per heavy atom. The molecule has 9 atom stereocenters. The van der Waals surface area contributed by atoms with Crippen molar-refractivity contribution in [2.24, 2.45) is 62.6 Å². The summed E-state index contributed by atoms with van der Waals surface area (Å²) in [4.78, 5) is 0. The van der Waals surface area contributed by atoms with Crippen LogP contribution >= 0.6 is 0 Å². The van der Waals surface area contributed by atoms with Crippen LogP contribution in [0.25, 0.3) is 0 Å². The Balaban J connectivity index is 1.49. The Labute approximate surface area is 198 Å². The molecule has 0 radical (unpaired) electrons. The summed E-state index contributed by atoms with van der Waals surface area (Å²) in [5, 5.41) is 19.9. The number of aliphatic hydroxyl groups excluding tert-OH is 2. The molecular weight excluding hydrogens is 392 g/mol. The van der Waals surface area contributed by atoms with Crippen molar-refractivity contribution in [3.8, 4) is 0 Å². The van der Waals surface area contributed by atoms with Gasteiger partial charge in [-0.1, -0.05) is 48.0 Å². The highest BCUT2D eigenvalue weighted by atomic mass is 16.3. The lowest BCUT2D eigenvalue weighted by molar-refractivity contribution is -0.241. The second-order valence-corrected chi connectivity index (χ2v) is 14.9. The molecule has 0 bridgehead atoms. The summed E-state index contributed by atoms with van der Waals surface area (Å²) in [7, 11) is 0. The van der Waals surface area contributed by atoms with E-state index in [0.717, 1.165) is 17.8 Å². The van der Waals surface area contributed by atoms with E-state index in [1.165, 1.54) is 70.6 Å². The summed E-state index contributed by atoms with van der Waals surface area (Å²) in [6, 6.07) is 0. The zero-order valence-electron chi connectivity index (χ0n) is 22.1. The summed E-state index contributed by atoms with van der Waals surface area (Å²) >= 11 is 0. The van der Waals surface area contributed by atoms with Crippen molar-refractivity contribution in [1.29, 1.82) is 0 Å². The van der Waals surface area contributed by atoms with Gasteiger partial charge in [-0.25, -0.2) is 0 Å². The highest BCUT2D eigenvalue weighted by Crippen LogP contribution is 2.78. The number of fused-ring (bicyclic) bond motifs is 7. The van der Waals surface area contributed by atoms with Crippen LogP contribution in [0.5, 0.6) is 0 Å². The number of aliphatic hydroxyl groups is 2. The zero-order chi connectivity index (χ0) is 23.2. The molecule has 2 N–H and O–H groups in total. The van der Waals surface area contributed by atoms with Crippen molar-refractivity contribution < 1.29 is 10.2 Å². The van der Waals surface area contributed by atoms with E-state index in [1.807, 2.05) is 0 Å². The number of rotatable bonds is 3. The van der Waals surface area contributed by atoms with Crippen molar-refractivity contribution in [3.63, 3.8) is 0 Å². The molecule has 5 rings (SSSR count). The number of hydrogen-bond donors (Lipinski definition) is 2. The molecule has 0 aliphatic heterocycles. The van der Waals surface area contributed by atoms with Gasteiger partial charge in [0.25, 0.3) is 0 Å². The average molecular weight is 445 g/mol. The van der Waals surface area contributed by atoms with Crippen molar-refractivity contribution >= 4 is 0 Å². The van der Waals surface area contributed by atoms with Gasteiger partial charge in [-0.2, -0.15) is 0 Å². The number of hydrogen-bond acceptors (Lipinski definition) is 2. The molecule has 32 heavy (non-hydrogen) atoms. The largest absolute Gasteiger partial charge is 0.396 e. The Morgan fingerprint density at radius 3 is 1.84 bits per heavy atom. The summed E-state index contributed by atoms with van der Waals surface area (Å²) in [6.45, 7) is 16.3. The highest BCUT2D eigenvalue weighted by Gasteiger charge is 2.70. The van der Waals surface area contributed by atoms with E-state index in [4.69, 9.17) is 0 Å². The summed E-state index contributed by atoms with van der Waals surface area (Å²) in [6.07, 6.45) is 15.3. The van der Waals surface area contributed by atoms with Gasteiger partial charge in [0, 0.05) is 19.1 Å². The Morgan fingerprint density at radius 2 is 1.22 bits per heavy atom. The van der Waals surface area contributed by atoms with Crippen molar-refractivity contribution in [1.82, 2.24) is 0 Å². The summed E-state index contributed by atoms with van der Waals surface area (Å²) in [5.41, 5.74) is 2.35. The molecule has 5 aliphatic carbocycles. The normalized spacial score (nSPS) is 54.5. The summed E-state index contributed by atoms with van der Waals surface area (Å²) in [5.74, 6) is 3.92. The van der Waals surface area contributed by atoms with Crippen LogP contribution in [0.15, 0.2) is 0 Å². The second-order valence-electron chi connectivity index (χ2n) is 14.9. The monoisotopic (exact) mass is 444 g/mol. The molecule has 0 unspecified atom stereocenters. The molecule has 0 aromatic rings. The van der Waals surface area contributed by atoms with Crippen LogP contribution in [0, 0.1) is 62.6 Å². The predicted octanol–water partition coefficient (Wildman–Crippen LogP) is 7.08. The van der Waals surface area contributed by atoms with Gasteiger partial charge in [-0.15, -0.1) is 0 Å².